The van der Waals surface area contributed by atoms with Crippen LogP contribution >= 0.6 is 11.3 Å². The number of hydrogen-bond donors (Lipinski definition) is 1. The van der Waals surface area contributed by atoms with Crippen LogP contribution in [0.2, 0.25) is 0 Å². The Kier molecular flexibility index (Phi) is 6.27. The van der Waals surface area contributed by atoms with E-state index >= 15 is 0 Å². The third-order valence-electron chi connectivity index (χ3n) is 4.98. The molecule has 0 spiro atoms. The Hall–Kier alpha value is -3.92. The highest BCUT2D eigenvalue weighted by Gasteiger charge is 2.21. The molecule has 3 aromatic heterocycles. The fourth-order valence-corrected chi connectivity index (χ4v) is 4.14. The number of aromatic nitrogens is 3. The van der Waals surface area contributed by atoms with Gasteiger partial charge in [-0.25, -0.2) is 9.78 Å². The van der Waals surface area contributed by atoms with Gasteiger partial charge in [-0.2, -0.15) is 5.10 Å². The molecule has 0 radical (unpaired) electrons. The highest BCUT2D eigenvalue weighted by Crippen LogP contribution is 2.30. The standard InChI is InChI=1S/C23H22N4O5S/c1-13-21-15(11-17(19-6-5-9-33-19)25-22(21)27(2)26-13)23(29)32-12-20(28)24-16-8-7-14(30-3)10-18(16)31-4/h5-11H,12H2,1-4H3,(H,24,28). The van der Waals surface area contributed by atoms with Crippen LogP contribution in [0.1, 0.15) is 16.1 Å². The summed E-state index contributed by atoms with van der Waals surface area (Å²) < 4.78 is 17.4. The highest BCUT2D eigenvalue weighted by atomic mass is 32.1. The fraction of sp³-hybridized carbons (Fsp3) is 0.217. The molecule has 0 saturated heterocycles. The van der Waals surface area contributed by atoms with Crippen molar-refractivity contribution in [3.8, 4) is 22.1 Å². The maximum Gasteiger partial charge on any atom is 0.339 e. The number of esters is 1. The minimum atomic E-state index is -0.631. The first-order valence-corrected chi connectivity index (χ1v) is 10.9. The minimum absolute atomic E-state index is 0.309. The van der Waals surface area contributed by atoms with E-state index < -0.39 is 18.5 Å². The van der Waals surface area contributed by atoms with Gasteiger partial charge in [0.1, 0.15) is 11.5 Å². The summed E-state index contributed by atoms with van der Waals surface area (Å²) in [4.78, 5) is 31.0. The van der Waals surface area contributed by atoms with Gasteiger partial charge in [0.15, 0.2) is 12.3 Å². The molecule has 10 heteroatoms. The molecular formula is C23H22N4O5S. The molecule has 0 atom stereocenters. The van der Waals surface area contributed by atoms with Gasteiger partial charge < -0.3 is 19.5 Å². The van der Waals surface area contributed by atoms with Gasteiger partial charge in [-0.3, -0.25) is 9.48 Å². The molecule has 0 aliphatic carbocycles. The first kappa shape index (κ1) is 22.3. The van der Waals surface area contributed by atoms with E-state index in [-0.39, 0.29) is 0 Å². The Labute approximate surface area is 193 Å². The fourth-order valence-electron chi connectivity index (χ4n) is 3.45. The van der Waals surface area contributed by atoms with Crippen LogP contribution in [0, 0.1) is 6.92 Å². The van der Waals surface area contributed by atoms with Gasteiger partial charge in [0.25, 0.3) is 5.91 Å². The lowest BCUT2D eigenvalue weighted by molar-refractivity contribution is -0.119. The number of ether oxygens (including phenoxy) is 3. The first-order chi connectivity index (χ1) is 15.9. The largest absolute Gasteiger partial charge is 0.497 e. The Morgan fingerprint density at radius 3 is 2.67 bits per heavy atom. The summed E-state index contributed by atoms with van der Waals surface area (Å²) in [6.07, 6.45) is 0. The van der Waals surface area contributed by atoms with Crippen molar-refractivity contribution in [1.29, 1.82) is 0 Å². The average Bonchev–Trinajstić information content (AvgIpc) is 3.45. The van der Waals surface area contributed by atoms with Crippen molar-refractivity contribution in [1.82, 2.24) is 14.8 Å². The van der Waals surface area contributed by atoms with Crippen LogP contribution in [0.4, 0.5) is 5.69 Å². The van der Waals surface area contributed by atoms with Gasteiger partial charge in [-0.05, 0) is 36.6 Å². The topological polar surface area (TPSA) is 105 Å². The van der Waals surface area contributed by atoms with E-state index in [0.717, 1.165) is 4.88 Å². The maximum atomic E-state index is 13.0. The van der Waals surface area contributed by atoms with Crippen LogP contribution in [0.3, 0.4) is 0 Å². The summed E-state index contributed by atoms with van der Waals surface area (Å²) in [5.41, 5.74) is 2.60. The molecule has 3 heterocycles. The normalized spacial score (nSPS) is 10.8. The van der Waals surface area contributed by atoms with E-state index in [1.165, 1.54) is 25.6 Å². The SMILES string of the molecule is COc1ccc(NC(=O)COC(=O)c2cc(-c3cccs3)nc3c2c(C)nn3C)c(OC)c1. The average molecular weight is 467 g/mol. The summed E-state index contributed by atoms with van der Waals surface area (Å²) in [5, 5.41) is 9.60. The molecule has 170 valence electrons. The minimum Gasteiger partial charge on any atom is -0.497 e. The number of methoxy groups -OCH3 is 2. The van der Waals surface area contributed by atoms with E-state index in [9.17, 15) is 9.59 Å². The second kappa shape index (κ2) is 9.29. The van der Waals surface area contributed by atoms with Crippen LogP contribution in [-0.2, 0) is 16.6 Å². The van der Waals surface area contributed by atoms with E-state index in [0.29, 0.717) is 45.2 Å². The number of fused-ring (bicyclic) bond motifs is 1. The summed E-state index contributed by atoms with van der Waals surface area (Å²) in [7, 11) is 4.79. The number of carbonyl (C=O) groups excluding carboxylic acids is 2. The molecule has 4 rings (SSSR count). The molecule has 9 nitrogen and oxygen atoms in total. The molecule has 0 unspecified atom stereocenters. The van der Waals surface area contributed by atoms with Crippen LogP contribution < -0.4 is 14.8 Å². The van der Waals surface area contributed by atoms with Crippen molar-refractivity contribution in [2.45, 2.75) is 6.92 Å². The monoisotopic (exact) mass is 466 g/mol. The number of amides is 1. The Morgan fingerprint density at radius 2 is 1.97 bits per heavy atom. The Balaban J connectivity index is 1.55. The number of benzene rings is 1. The van der Waals surface area contributed by atoms with Crippen LogP contribution in [0.15, 0.2) is 41.8 Å². The lowest BCUT2D eigenvalue weighted by atomic mass is 10.1. The first-order valence-electron chi connectivity index (χ1n) is 9.98. The van der Waals surface area contributed by atoms with Crippen molar-refractivity contribution in [2.24, 2.45) is 7.05 Å². The van der Waals surface area contributed by atoms with Crippen molar-refractivity contribution in [3.05, 3.63) is 53.0 Å². The molecule has 0 aliphatic rings. The number of rotatable bonds is 7. The lowest BCUT2D eigenvalue weighted by Crippen LogP contribution is -2.21. The van der Waals surface area contributed by atoms with Crippen molar-refractivity contribution in [3.63, 3.8) is 0 Å². The van der Waals surface area contributed by atoms with Crippen LogP contribution in [0.25, 0.3) is 21.6 Å². The maximum absolute atomic E-state index is 13.0. The van der Waals surface area contributed by atoms with Gasteiger partial charge in [0.05, 0.1) is 47.1 Å². The van der Waals surface area contributed by atoms with Gasteiger partial charge in [-0.1, -0.05) is 6.07 Å². The second-order valence-corrected chi connectivity index (χ2v) is 8.08. The molecule has 1 amide bonds. The molecular weight excluding hydrogens is 444 g/mol. The predicted molar refractivity (Wildman–Crippen MR) is 125 cm³/mol. The summed E-state index contributed by atoms with van der Waals surface area (Å²) in [6, 6.07) is 10.5. The summed E-state index contributed by atoms with van der Waals surface area (Å²) >= 11 is 1.51. The molecule has 0 bridgehead atoms. The number of aryl methyl sites for hydroxylation is 2. The third-order valence-corrected chi connectivity index (χ3v) is 5.87. The molecule has 1 aromatic carbocycles. The number of carbonyl (C=O) groups is 2. The summed E-state index contributed by atoms with van der Waals surface area (Å²) in [6.45, 7) is 1.33. The molecule has 0 fully saturated rings. The number of hydrogen-bond acceptors (Lipinski definition) is 8. The smallest absolute Gasteiger partial charge is 0.339 e. The zero-order valence-corrected chi connectivity index (χ0v) is 19.4. The van der Waals surface area contributed by atoms with Crippen molar-refractivity contribution in [2.75, 3.05) is 26.1 Å². The lowest BCUT2D eigenvalue weighted by Gasteiger charge is -2.12. The highest BCUT2D eigenvalue weighted by molar-refractivity contribution is 7.13. The molecule has 4 aromatic rings. The molecule has 33 heavy (non-hydrogen) atoms. The van der Waals surface area contributed by atoms with Crippen molar-refractivity contribution < 1.29 is 23.8 Å². The number of pyridine rings is 1. The number of nitrogens with one attached hydrogen (secondary N) is 1. The van der Waals surface area contributed by atoms with Crippen LogP contribution in [0.5, 0.6) is 11.5 Å². The van der Waals surface area contributed by atoms with Gasteiger partial charge in [-0.15, -0.1) is 11.3 Å². The van der Waals surface area contributed by atoms with E-state index in [1.54, 1.807) is 42.9 Å². The van der Waals surface area contributed by atoms with E-state index in [1.807, 2.05) is 17.5 Å². The molecule has 1 N–H and O–H groups in total. The Bertz CT molecular complexity index is 1330. The molecule has 0 aliphatic heterocycles. The Morgan fingerprint density at radius 1 is 1.15 bits per heavy atom. The van der Waals surface area contributed by atoms with Crippen LogP contribution in [-0.4, -0.2) is 47.5 Å². The third kappa shape index (κ3) is 4.51. The number of anilines is 1. The van der Waals surface area contributed by atoms with Gasteiger partial charge in [0.2, 0.25) is 0 Å². The number of thiophene rings is 1. The number of nitrogens with zero attached hydrogens (tertiary/aromatic N) is 3. The zero-order chi connectivity index (χ0) is 23.5. The van der Waals surface area contributed by atoms with Gasteiger partial charge in [0, 0.05) is 13.1 Å². The van der Waals surface area contributed by atoms with E-state index in [4.69, 9.17) is 14.2 Å². The summed E-state index contributed by atoms with van der Waals surface area (Å²) in [5.74, 6) is -0.116. The zero-order valence-electron chi connectivity index (χ0n) is 18.5. The van der Waals surface area contributed by atoms with Gasteiger partial charge >= 0.3 is 5.97 Å². The molecule has 0 saturated carbocycles. The van der Waals surface area contributed by atoms with Crippen molar-refractivity contribution >= 4 is 39.9 Å². The van der Waals surface area contributed by atoms with E-state index in [2.05, 4.69) is 15.4 Å². The second-order valence-electron chi connectivity index (χ2n) is 7.13. The quantitative estimate of drug-likeness (QED) is 0.413. The predicted octanol–water partition coefficient (Wildman–Crippen LogP) is 3.82.